The number of alkyl halides is 3. The van der Waals surface area contributed by atoms with Crippen molar-refractivity contribution >= 4 is 35.1 Å². The van der Waals surface area contributed by atoms with Crippen LogP contribution in [0.2, 0.25) is 0 Å². The Bertz CT molecular complexity index is 1820. The van der Waals surface area contributed by atoms with Crippen molar-refractivity contribution in [1.82, 2.24) is 28.9 Å². The maximum Gasteiger partial charge on any atom is 0.431 e. The van der Waals surface area contributed by atoms with Crippen LogP contribution in [0.3, 0.4) is 0 Å². The molecule has 1 fully saturated rings. The number of pyridine rings is 1. The summed E-state index contributed by atoms with van der Waals surface area (Å²) >= 11 is 0. The van der Waals surface area contributed by atoms with E-state index in [1.807, 2.05) is 6.92 Å². The van der Waals surface area contributed by atoms with E-state index in [0.717, 1.165) is 16.0 Å². The second-order valence-corrected chi connectivity index (χ2v) is 14.1. The van der Waals surface area contributed by atoms with Gasteiger partial charge in [0.25, 0.3) is 0 Å². The molecule has 2 atom stereocenters. The third-order valence-electron chi connectivity index (χ3n) is 7.87. The van der Waals surface area contributed by atoms with Gasteiger partial charge in [-0.2, -0.15) is 22.8 Å². The predicted octanol–water partition coefficient (Wildman–Crippen LogP) is 5.93. The van der Waals surface area contributed by atoms with Crippen molar-refractivity contribution in [2.45, 2.75) is 91.3 Å². The van der Waals surface area contributed by atoms with Gasteiger partial charge in [0.15, 0.2) is 5.65 Å². The van der Waals surface area contributed by atoms with E-state index in [1.54, 1.807) is 53.8 Å². The summed E-state index contributed by atoms with van der Waals surface area (Å²) in [6.07, 6.45) is -2.71. The van der Waals surface area contributed by atoms with Crippen molar-refractivity contribution in [3.63, 3.8) is 0 Å². The van der Waals surface area contributed by atoms with Crippen molar-refractivity contribution in [3.05, 3.63) is 53.6 Å². The number of hydrogen-bond acceptors (Lipinski definition) is 9. The van der Waals surface area contributed by atoms with E-state index in [4.69, 9.17) is 14.5 Å². The summed E-state index contributed by atoms with van der Waals surface area (Å²) in [7, 11) is 0. The highest BCUT2D eigenvalue weighted by Crippen LogP contribution is 2.31. The van der Waals surface area contributed by atoms with Gasteiger partial charge < -0.3 is 24.8 Å². The minimum Gasteiger partial charge on any atom is -0.444 e. The van der Waals surface area contributed by atoms with E-state index in [-0.39, 0.29) is 36.2 Å². The van der Waals surface area contributed by atoms with Gasteiger partial charge in [0.1, 0.15) is 34.2 Å². The van der Waals surface area contributed by atoms with E-state index in [1.165, 1.54) is 32.6 Å². The molecule has 0 aromatic carbocycles. The number of rotatable bonds is 7. The molecule has 5 rings (SSSR count). The number of anilines is 2. The minimum absolute atomic E-state index is 0.0693. The van der Waals surface area contributed by atoms with E-state index in [0.29, 0.717) is 37.4 Å². The zero-order chi connectivity index (χ0) is 35.9. The van der Waals surface area contributed by atoms with Crippen LogP contribution < -0.4 is 10.2 Å². The summed E-state index contributed by atoms with van der Waals surface area (Å²) in [5.41, 5.74) is -0.937. The topological polar surface area (TPSA) is 139 Å². The highest BCUT2D eigenvalue weighted by Gasteiger charge is 2.35. The van der Waals surface area contributed by atoms with E-state index < -0.39 is 41.4 Å². The number of aliphatic hydroxyl groups is 1. The van der Waals surface area contributed by atoms with Crippen LogP contribution in [0.5, 0.6) is 0 Å². The number of β-amino-alcohol motifs (C(OH)–C–C–N with tert-alkyl or cyclic N) is 1. The van der Waals surface area contributed by atoms with E-state index in [9.17, 15) is 27.9 Å². The molecule has 4 aromatic heterocycles. The molecule has 16 heteroatoms. The van der Waals surface area contributed by atoms with Crippen molar-refractivity contribution in [1.29, 1.82) is 0 Å². The van der Waals surface area contributed by atoms with E-state index in [2.05, 4.69) is 15.4 Å². The summed E-state index contributed by atoms with van der Waals surface area (Å²) in [5.74, 6) is 0.399. The number of piperidine rings is 1. The zero-order valence-electron chi connectivity index (χ0n) is 28.7. The van der Waals surface area contributed by atoms with Gasteiger partial charge in [0.05, 0.1) is 31.1 Å². The lowest BCUT2D eigenvalue weighted by Gasteiger charge is -2.36. The number of hydrogen-bond donors (Lipinski definition) is 2. The van der Waals surface area contributed by atoms with E-state index >= 15 is 0 Å². The largest absolute Gasteiger partial charge is 0.444 e. The Morgan fingerprint density at radius 3 is 2.43 bits per heavy atom. The van der Waals surface area contributed by atoms with Crippen molar-refractivity contribution < 1.29 is 37.3 Å². The average Bonchev–Trinajstić information content (AvgIpc) is 3.60. The Morgan fingerprint density at radius 1 is 1.08 bits per heavy atom. The van der Waals surface area contributed by atoms with Crippen molar-refractivity contribution in [3.8, 4) is 0 Å². The first kappa shape index (κ1) is 35.7. The lowest BCUT2D eigenvalue weighted by molar-refractivity contribution is -0.142. The minimum atomic E-state index is -4.62. The fourth-order valence-electron chi connectivity index (χ4n) is 5.56. The summed E-state index contributed by atoms with van der Waals surface area (Å²) < 4.78 is 54.9. The molecule has 0 saturated carbocycles. The number of imidazole rings is 1. The van der Waals surface area contributed by atoms with Crippen LogP contribution in [0.25, 0.3) is 11.3 Å². The number of amides is 2. The van der Waals surface area contributed by atoms with Crippen molar-refractivity contribution in [2.75, 3.05) is 29.9 Å². The number of likely N-dealkylation sites (tertiary alicyclic amines) is 1. The molecule has 5 heterocycles. The van der Waals surface area contributed by atoms with Gasteiger partial charge in [-0.15, -0.1) is 0 Å². The molecular formula is C33H43F3N8O5. The number of nitrogens with one attached hydrogen (secondary N) is 1. The summed E-state index contributed by atoms with van der Waals surface area (Å²) in [6.45, 7) is 13.0. The number of aliphatic hydroxyl groups excluding tert-OH is 1. The van der Waals surface area contributed by atoms with Crippen LogP contribution in [0.1, 0.15) is 71.8 Å². The Labute approximate surface area is 282 Å². The molecule has 0 radical (unpaired) electrons. The number of ether oxygens (including phenoxy) is 2. The Kier molecular flexibility index (Phi) is 9.74. The van der Waals surface area contributed by atoms with Gasteiger partial charge in [-0.3, -0.25) is 9.30 Å². The molecule has 2 N–H and O–H groups in total. The van der Waals surface area contributed by atoms with Crippen LogP contribution >= 0.6 is 0 Å². The third-order valence-corrected chi connectivity index (χ3v) is 7.87. The van der Waals surface area contributed by atoms with Crippen LogP contribution in [-0.2, 0) is 28.6 Å². The molecule has 2 amide bonds. The smallest absolute Gasteiger partial charge is 0.431 e. The molecule has 1 saturated heterocycles. The number of fused-ring (bicyclic) bond motifs is 2. The van der Waals surface area contributed by atoms with Gasteiger partial charge in [-0.05, 0) is 66.5 Å². The van der Waals surface area contributed by atoms with Gasteiger partial charge in [-0.1, -0.05) is 13.0 Å². The molecule has 0 bridgehead atoms. The molecule has 266 valence electrons. The highest BCUT2D eigenvalue weighted by atomic mass is 19.4. The summed E-state index contributed by atoms with van der Waals surface area (Å²) in [6, 6.07) is 5.29. The van der Waals surface area contributed by atoms with Crippen LogP contribution in [-0.4, -0.2) is 83.1 Å². The quantitative estimate of drug-likeness (QED) is 0.242. The molecule has 49 heavy (non-hydrogen) atoms. The van der Waals surface area contributed by atoms with Gasteiger partial charge in [0, 0.05) is 36.8 Å². The monoisotopic (exact) mass is 688 g/mol. The second-order valence-electron chi connectivity index (χ2n) is 14.1. The molecule has 0 spiro atoms. The molecule has 1 aliphatic rings. The lowest BCUT2D eigenvalue weighted by Crippen LogP contribution is -2.49. The van der Waals surface area contributed by atoms with Gasteiger partial charge >= 0.3 is 18.4 Å². The SMILES string of the molecule is CCc1cnn2c(N(Cc3cn4c(C(F)(F)F)cccc4n3)C(=O)OC(C)(C)C)cc(NC[C@H]3CCN(C(=O)OC(C)(C)C)C[C@@H]3O)nc12. The van der Waals surface area contributed by atoms with Gasteiger partial charge in [-0.25, -0.2) is 19.6 Å². The normalized spacial score (nSPS) is 17.4. The van der Waals surface area contributed by atoms with Crippen LogP contribution in [0, 0.1) is 5.92 Å². The number of nitrogens with zero attached hydrogens (tertiary/aromatic N) is 7. The second kappa shape index (κ2) is 13.4. The fraction of sp³-hybridized carbons (Fsp3) is 0.545. The average molecular weight is 689 g/mol. The number of carbonyl (C=O) groups excluding carboxylic acids is 2. The third kappa shape index (κ3) is 8.35. The summed E-state index contributed by atoms with van der Waals surface area (Å²) in [5, 5.41) is 18.7. The molecule has 4 aromatic rings. The van der Waals surface area contributed by atoms with Crippen LogP contribution in [0.4, 0.5) is 34.4 Å². The first-order valence-corrected chi connectivity index (χ1v) is 16.1. The Balaban J connectivity index is 1.46. The van der Waals surface area contributed by atoms with Gasteiger partial charge in [0.2, 0.25) is 0 Å². The Morgan fingerprint density at radius 2 is 1.80 bits per heavy atom. The zero-order valence-corrected chi connectivity index (χ0v) is 28.7. The maximum absolute atomic E-state index is 13.8. The number of aryl methyl sites for hydroxylation is 1. The Hall–Kier alpha value is -4.60. The van der Waals surface area contributed by atoms with Crippen LogP contribution in [0.15, 0.2) is 36.7 Å². The fourth-order valence-corrected chi connectivity index (χ4v) is 5.56. The van der Waals surface area contributed by atoms with Crippen molar-refractivity contribution in [2.24, 2.45) is 5.92 Å². The highest BCUT2D eigenvalue weighted by molar-refractivity contribution is 5.88. The number of aromatic nitrogens is 5. The molecular weight excluding hydrogens is 645 g/mol. The first-order valence-electron chi connectivity index (χ1n) is 16.1. The molecule has 0 aliphatic carbocycles. The first-order chi connectivity index (χ1) is 22.8. The predicted molar refractivity (Wildman–Crippen MR) is 175 cm³/mol. The lowest BCUT2D eigenvalue weighted by atomic mass is 9.94. The number of halogens is 3. The standard InChI is InChI=1S/C33H43F3N8O5/c1-8-20-16-38-44-27(14-25(40-28(20)44)37-15-21-12-13-41(19-23(21)45)29(46)48-31(2,3)4)43(30(47)49-32(5,6)7)18-22-17-42-24(33(34,35)36)10-9-11-26(42)39-22/h9-11,14,16-17,21,23,45H,8,12-13,15,18-19H2,1-7H3,(H,37,40)/t21-,23+/m1/s1. The molecule has 13 nitrogen and oxygen atoms in total. The molecule has 0 unspecified atom stereocenters. The maximum atomic E-state index is 13.8. The number of carbonyl (C=O) groups is 2. The molecule has 1 aliphatic heterocycles. The summed E-state index contributed by atoms with van der Waals surface area (Å²) in [4.78, 5) is 38.2.